The van der Waals surface area contributed by atoms with Crippen LogP contribution >= 0.6 is 0 Å². The smallest absolute Gasteiger partial charge is 0.240 e. The van der Waals surface area contributed by atoms with Crippen molar-refractivity contribution >= 4 is 26.7 Å². The van der Waals surface area contributed by atoms with Crippen molar-refractivity contribution in [2.24, 2.45) is 0 Å². The molecule has 0 radical (unpaired) electrons. The Labute approximate surface area is 201 Å². The Morgan fingerprint density at radius 2 is 1.76 bits per heavy atom. The minimum Gasteiger partial charge on any atom is -0.379 e. The number of nitrogens with one attached hydrogen (secondary N) is 2. The van der Waals surface area contributed by atoms with Crippen LogP contribution in [-0.4, -0.2) is 58.6 Å². The highest BCUT2D eigenvalue weighted by Gasteiger charge is 2.23. The topological polar surface area (TPSA) is 87.7 Å². The summed E-state index contributed by atoms with van der Waals surface area (Å²) in [6, 6.07) is 21.0. The molecule has 0 saturated carbocycles. The van der Waals surface area contributed by atoms with Gasteiger partial charge in [-0.2, -0.15) is 0 Å². The highest BCUT2D eigenvalue weighted by Crippen LogP contribution is 2.22. The van der Waals surface area contributed by atoms with Gasteiger partial charge in [-0.25, -0.2) is 13.1 Å². The van der Waals surface area contributed by atoms with E-state index in [0.29, 0.717) is 19.8 Å². The van der Waals surface area contributed by atoms with E-state index in [1.807, 2.05) is 30.3 Å². The minimum atomic E-state index is -3.70. The third kappa shape index (κ3) is 6.21. The first-order valence-corrected chi connectivity index (χ1v) is 13.0. The lowest BCUT2D eigenvalue weighted by atomic mass is 10.0. The van der Waals surface area contributed by atoms with Crippen molar-refractivity contribution < 1.29 is 17.9 Å². The molecule has 1 saturated heterocycles. The lowest BCUT2D eigenvalue weighted by molar-refractivity contribution is -0.121. The highest BCUT2D eigenvalue weighted by molar-refractivity contribution is 7.89. The van der Waals surface area contributed by atoms with E-state index in [4.69, 9.17) is 4.74 Å². The van der Waals surface area contributed by atoms with Gasteiger partial charge in [-0.1, -0.05) is 60.2 Å². The molecule has 1 heterocycles. The Bertz CT molecular complexity index is 1240. The van der Waals surface area contributed by atoms with E-state index < -0.39 is 10.0 Å². The second kappa shape index (κ2) is 11.1. The van der Waals surface area contributed by atoms with Gasteiger partial charge < -0.3 is 10.1 Å². The average Bonchev–Trinajstić information content (AvgIpc) is 2.84. The van der Waals surface area contributed by atoms with E-state index in [1.165, 1.54) is 5.56 Å². The van der Waals surface area contributed by atoms with Gasteiger partial charge in [0.05, 0.1) is 24.2 Å². The van der Waals surface area contributed by atoms with Crippen LogP contribution in [0, 0.1) is 6.92 Å². The summed E-state index contributed by atoms with van der Waals surface area (Å²) in [6.07, 6.45) is 0.0659. The van der Waals surface area contributed by atoms with Crippen LogP contribution in [0.2, 0.25) is 0 Å². The van der Waals surface area contributed by atoms with Crippen LogP contribution in [0.1, 0.15) is 23.6 Å². The van der Waals surface area contributed by atoms with Gasteiger partial charge in [-0.05, 0) is 35.4 Å². The zero-order chi connectivity index (χ0) is 24.0. The molecule has 1 atom stereocenters. The molecular formula is C26H31N3O4S. The third-order valence-corrected chi connectivity index (χ3v) is 7.54. The summed E-state index contributed by atoms with van der Waals surface area (Å²) in [7, 11) is -3.70. The highest BCUT2D eigenvalue weighted by atomic mass is 32.2. The van der Waals surface area contributed by atoms with Gasteiger partial charge in [-0.3, -0.25) is 9.69 Å². The summed E-state index contributed by atoms with van der Waals surface area (Å²) < 4.78 is 33.4. The Hall–Kier alpha value is -2.78. The van der Waals surface area contributed by atoms with E-state index in [-0.39, 0.29) is 29.8 Å². The average molecular weight is 482 g/mol. The molecule has 3 aromatic rings. The number of hydrogen-bond acceptors (Lipinski definition) is 5. The van der Waals surface area contributed by atoms with E-state index in [1.54, 1.807) is 18.2 Å². The number of benzene rings is 3. The van der Waals surface area contributed by atoms with Gasteiger partial charge in [0.2, 0.25) is 15.9 Å². The number of carbonyl (C=O) groups excluding carboxylic acids is 1. The van der Waals surface area contributed by atoms with E-state index in [2.05, 4.69) is 40.1 Å². The van der Waals surface area contributed by atoms with Crippen molar-refractivity contribution in [1.82, 2.24) is 14.9 Å². The van der Waals surface area contributed by atoms with Crippen molar-refractivity contribution in [2.75, 3.05) is 39.4 Å². The first-order chi connectivity index (χ1) is 16.4. The number of hydrogen-bond donors (Lipinski definition) is 2. The van der Waals surface area contributed by atoms with Crippen LogP contribution in [0.25, 0.3) is 10.8 Å². The van der Waals surface area contributed by atoms with Crippen LogP contribution in [0.15, 0.2) is 71.6 Å². The van der Waals surface area contributed by atoms with Crippen LogP contribution in [0.4, 0.5) is 0 Å². The van der Waals surface area contributed by atoms with Crippen molar-refractivity contribution in [2.45, 2.75) is 24.3 Å². The van der Waals surface area contributed by atoms with Gasteiger partial charge in [0.15, 0.2) is 0 Å². The van der Waals surface area contributed by atoms with Crippen LogP contribution < -0.4 is 10.0 Å². The molecule has 34 heavy (non-hydrogen) atoms. The maximum absolute atomic E-state index is 12.7. The number of sulfonamides is 1. The summed E-state index contributed by atoms with van der Waals surface area (Å²) in [6.45, 7) is 5.51. The fourth-order valence-corrected chi connectivity index (χ4v) is 5.31. The predicted octanol–water partition coefficient (Wildman–Crippen LogP) is 3.01. The summed E-state index contributed by atoms with van der Waals surface area (Å²) >= 11 is 0. The molecule has 1 amide bonds. The second-order valence-electron chi connectivity index (χ2n) is 8.54. The largest absolute Gasteiger partial charge is 0.379 e. The maximum Gasteiger partial charge on any atom is 0.240 e. The first-order valence-electron chi connectivity index (χ1n) is 11.6. The molecule has 1 fully saturated rings. The predicted molar refractivity (Wildman–Crippen MR) is 133 cm³/mol. The van der Waals surface area contributed by atoms with Crippen molar-refractivity contribution in [1.29, 1.82) is 0 Å². The Balaban J connectivity index is 1.33. The quantitative estimate of drug-likeness (QED) is 0.491. The lowest BCUT2D eigenvalue weighted by Gasteiger charge is -2.35. The zero-order valence-electron chi connectivity index (χ0n) is 19.4. The standard InChI is InChI=1S/C26H31N3O4S/c1-20-5-4-8-23(17-20)25(29-13-15-33-16-14-29)19-27-26(30)11-12-28-34(31,32)24-10-9-21-6-2-3-7-22(21)18-24/h2-10,17-18,25,28H,11-16,19H2,1H3,(H,27,30). The molecule has 1 unspecified atom stereocenters. The maximum atomic E-state index is 12.7. The number of carbonyl (C=O) groups is 1. The van der Waals surface area contributed by atoms with Gasteiger partial charge in [0.1, 0.15) is 0 Å². The van der Waals surface area contributed by atoms with Crippen LogP contribution in [0.5, 0.6) is 0 Å². The Kier molecular flexibility index (Phi) is 7.95. The SMILES string of the molecule is Cc1cccc(C(CNC(=O)CCNS(=O)(=O)c2ccc3ccccc3c2)N2CCOCC2)c1. The summed E-state index contributed by atoms with van der Waals surface area (Å²) in [5.41, 5.74) is 2.32. The molecule has 2 N–H and O–H groups in total. The summed E-state index contributed by atoms with van der Waals surface area (Å²) in [5.74, 6) is -0.188. The van der Waals surface area contributed by atoms with Crippen molar-refractivity contribution in [3.05, 3.63) is 77.9 Å². The van der Waals surface area contributed by atoms with E-state index in [9.17, 15) is 13.2 Å². The monoisotopic (exact) mass is 481 g/mol. The number of morpholine rings is 1. The van der Waals surface area contributed by atoms with Crippen molar-refractivity contribution in [3.8, 4) is 0 Å². The fraction of sp³-hybridized carbons (Fsp3) is 0.346. The summed E-state index contributed by atoms with van der Waals surface area (Å²) in [4.78, 5) is 15.0. The number of aryl methyl sites for hydroxylation is 1. The van der Waals surface area contributed by atoms with E-state index >= 15 is 0 Å². The Morgan fingerprint density at radius 1 is 1.00 bits per heavy atom. The van der Waals surface area contributed by atoms with Crippen LogP contribution in [0.3, 0.4) is 0 Å². The number of ether oxygens (including phenoxy) is 1. The molecular weight excluding hydrogens is 450 g/mol. The van der Waals surface area contributed by atoms with Gasteiger partial charge in [0, 0.05) is 32.6 Å². The molecule has 1 aliphatic heterocycles. The molecule has 7 nitrogen and oxygen atoms in total. The number of amides is 1. The molecule has 0 aromatic heterocycles. The Morgan fingerprint density at radius 3 is 2.53 bits per heavy atom. The lowest BCUT2D eigenvalue weighted by Crippen LogP contribution is -2.44. The molecule has 180 valence electrons. The van der Waals surface area contributed by atoms with Crippen LogP contribution in [-0.2, 0) is 19.6 Å². The van der Waals surface area contributed by atoms with Gasteiger partial charge >= 0.3 is 0 Å². The van der Waals surface area contributed by atoms with E-state index in [0.717, 1.165) is 29.4 Å². The van der Waals surface area contributed by atoms with Crippen molar-refractivity contribution in [3.63, 3.8) is 0 Å². The number of fused-ring (bicyclic) bond motifs is 1. The third-order valence-electron chi connectivity index (χ3n) is 6.08. The van der Waals surface area contributed by atoms with Gasteiger partial charge in [0.25, 0.3) is 0 Å². The normalized spacial score (nSPS) is 15.8. The fourth-order valence-electron chi connectivity index (χ4n) is 4.24. The molecule has 3 aromatic carbocycles. The zero-order valence-corrected chi connectivity index (χ0v) is 20.2. The minimum absolute atomic E-state index is 0.0354. The van der Waals surface area contributed by atoms with Gasteiger partial charge in [-0.15, -0.1) is 0 Å². The first kappa shape index (κ1) is 24.3. The molecule has 1 aliphatic rings. The molecule has 8 heteroatoms. The number of rotatable bonds is 9. The molecule has 4 rings (SSSR count). The molecule has 0 bridgehead atoms. The summed E-state index contributed by atoms with van der Waals surface area (Å²) in [5, 5.41) is 4.82. The number of nitrogens with zero attached hydrogens (tertiary/aromatic N) is 1. The molecule has 0 aliphatic carbocycles. The molecule has 0 spiro atoms. The second-order valence-corrected chi connectivity index (χ2v) is 10.3.